The van der Waals surface area contributed by atoms with Crippen molar-refractivity contribution >= 4 is 11.9 Å². The second kappa shape index (κ2) is 6.63. The highest BCUT2D eigenvalue weighted by Gasteiger charge is 2.45. The lowest BCUT2D eigenvalue weighted by Gasteiger charge is -2.43. The van der Waals surface area contributed by atoms with Gasteiger partial charge in [-0.3, -0.25) is 9.80 Å². The van der Waals surface area contributed by atoms with Gasteiger partial charge in [0.25, 0.3) is 11.8 Å². The third kappa shape index (κ3) is 3.24. The molecule has 0 bridgehead atoms. The zero-order chi connectivity index (χ0) is 20.1. The van der Waals surface area contributed by atoms with Crippen molar-refractivity contribution in [2.45, 2.75) is 31.4 Å². The number of carboxylic acids is 1. The first kappa shape index (κ1) is 18.5. The van der Waals surface area contributed by atoms with Crippen molar-refractivity contribution < 1.29 is 27.9 Å². The van der Waals surface area contributed by atoms with Crippen LogP contribution in [0, 0.1) is 5.82 Å². The van der Waals surface area contributed by atoms with Crippen molar-refractivity contribution in [2.75, 3.05) is 6.54 Å². The molecule has 1 amide bonds. The number of benzene rings is 2. The summed E-state index contributed by atoms with van der Waals surface area (Å²) < 4.78 is 41.9. The van der Waals surface area contributed by atoms with Crippen LogP contribution in [0.5, 0.6) is 0 Å². The Labute approximate surface area is 159 Å². The third-order valence-electron chi connectivity index (χ3n) is 5.24. The number of hydrazine groups is 1. The molecule has 2 aliphatic heterocycles. The van der Waals surface area contributed by atoms with Gasteiger partial charge in [0.2, 0.25) is 0 Å². The van der Waals surface area contributed by atoms with Crippen LogP contribution in [0.1, 0.15) is 50.7 Å². The van der Waals surface area contributed by atoms with Crippen LogP contribution >= 0.6 is 0 Å². The topological polar surface area (TPSA) is 60.9 Å². The number of hydrogen-bond donors (Lipinski definition) is 1. The van der Waals surface area contributed by atoms with Crippen LogP contribution in [0.15, 0.2) is 42.5 Å². The molecule has 0 radical (unpaired) electrons. The first-order valence-electron chi connectivity index (χ1n) is 8.83. The number of rotatable bonds is 3. The minimum absolute atomic E-state index is 0.0131. The average Bonchev–Trinajstić information content (AvgIpc) is 2.97. The number of alkyl halides is 2. The molecule has 4 rings (SSSR count). The van der Waals surface area contributed by atoms with Crippen molar-refractivity contribution in [3.8, 4) is 0 Å². The summed E-state index contributed by atoms with van der Waals surface area (Å²) >= 11 is 0. The Morgan fingerprint density at radius 1 is 1.18 bits per heavy atom. The molecule has 0 saturated carbocycles. The summed E-state index contributed by atoms with van der Waals surface area (Å²) in [6.45, 7) is 0.0884. The molecule has 0 aliphatic carbocycles. The normalized spacial score (nSPS) is 21.6. The van der Waals surface area contributed by atoms with E-state index in [-0.39, 0.29) is 24.2 Å². The van der Waals surface area contributed by atoms with Crippen LogP contribution in [0.4, 0.5) is 13.2 Å². The van der Waals surface area contributed by atoms with Gasteiger partial charge in [-0.05, 0) is 35.4 Å². The Morgan fingerprint density at radius 2 is 1.96 bits per heavy atom. The van der Waals surface area contributed by atoms with Gasteiger partial charge >= 0.3 is 5.97 Å². The fraction of sp³-hybridized carbons (Fsp3) is 0.300. The van der Waals surface area contributed by atoms with Crippen LogP contribution in [0.3, 0.4) is 0 Å². The number of carboxylic acid groups (broad SMARTS) is 1. The molecule has 28 heavy (non-hydrogen) atoms. The number of nitrogens with zero attached hydrogens (tertiary/aromatic N) is 2. The second-order valence-corrected chi connectivity index (χ2v) is 7.08. The van der Waals surface area contributed by atoms with Gasteiger partial charge in [0, 0.05) is 24.9 Å². The fourth-order valence-corrected chi connectivity index (χ4v) is 3.84. The van der Waals surface area contributed by atoms with Gasteiger partial charge in [0.05, 0.1) is 18.2 Å². The van der Waals surface area contributed by atoms with Gasteiger partial charge in [-0.15, -0.1) is 0 Å². The summed E-state index contributed by atoms with van der Waals surface area (Å²) in [7, 11) is 0. The highest BCUT2D eigenvalue weighted by molar-refractivity contribution is 6.00. The highest BCUT2D eigenvalue weighted by Crippen LogP contribution is 2.42. The molecule has 8 heteroatoms. The SMILES string of the molecule is O=C(O)c1ccc2c(c1)C(=O)N(N1CCC(F)(F)CC1c1cccc(F)c1)C2. The van der Waals surface area contributed by atoms with E-state index < -0.39 is 42.5 Å². The predicted octanol–water partition coefficient (Wildman–Crippen LogP) is 3.87. The second-order valence-electron chi connectivity index (χ2n) is 7.08. The van der Waals surface area contributed by atoms with Crippen LogP contribution < -0.4 is 0 Å². The van der Waals surface area contributed by atoms with E-state index in [1.165, 1.54) is 35.3 Å². The molecule has 1 fully saturated rings. The summed E-state index contributed by atoms with van der Waals surface area (Å²) in [6, 6.07) is 8.87. The van der Waals surface area contributed by atoms with Gasteiger partial charge in [0.15, 0.2) is 0 Å². The zero-order valence-electron chi connectivity index (χ0n) is 14.7. The Hall–Kier alpha value is -2.87. The molecule has 5 nitrogen and oxygen atoms in total. The van der Waals surface area contributed by atoms with Crippen LogP contribution in [-0.4, -0.2) is 39.5 Å². The van der Waals surface area contributed by atoms with E-state index in [9.17, 15) is 22.8 Å². The standard InChI is InChI=1S/C20H17F3N2O3/c21-15-3-1-2-12(8-15)17-10-20(22,23)6-7-24(17)25-11-14-5-4-13(19(27)28)9-16(14)18(25)26/h1-5,8-9,17H,6-7,10-11H2,(H,27,28). The van der Waals surface area contributed by atoms with Crippen molar-refractivity contribution in [2.24, 2.45) is 0 Å². The van der Waals surface area contributed by atoms with Gasteiger partial charge in [-0.2, -0.15) is 0 Å². The van der Waals surface area contributed by atoms with Crippen molar-refractivity contribution in [3.63, 3.8) is 0 Å². The lowest BCUT2D eigenvalue weighted by Crippen LogP contribution is -2.51. The molecule has 0 spiro atoms. The maximum Gasteiger partial charge on any atom is 0.335 e. The smallest absolute Gasteiger partial charge is 0.335 e. The van der Waals surface area contributed by atoms with Crippen LogP contribution in [0.2, 0.25) is 0 Å². The highest BCUT2D eigenvalue weighted by atomic mass is 19.3. The molecular weight excluding hydrogens is 373 g/mol. The lowest BCUT2D eigenvalue weighted by molar-refractivity contribution is -0.136. The number of carbonyl (C=O) groups is 2. The molecule has 1 atom stereocenters. The quantitative estimate of drug-likeness (QED) is 0.865. The molecule has 2 heterocycles. The molecule has 146 valence electrons. The van der Waals surface area contributed by atoms with Gasteiger partial charge < -0.3 is 5.11 Å². The Morgan fingerprint density at radius 3 is 2.68 bits per heavy atom. The summed E-state index contributed by atoms with van der Waals surface area (Å²) in [5.74, 6) is -5.04. The van der Waals surface area contributed by atoms with E-state index >= 15 is 0 Å². The summed E-state index contributed by atoms with van der Waals surface area (Å²) in [6.07, 6.45) is -0.948. The van der Waals surface area contributed by atoms with Gasteiger partial charge in [-0.1, -0.05) is 18.2 Å². The van der Waals surface area contributed by atoms with Gasteiger partial charge in [0.1, 0.15) is 5.82 Å². The number of piperidine rings is 1. The van der Waals surface area contributed by atoms with Crippen molar-refractivity contribution in [1.82, 2.24) is 10.0 Å². The van der Waals surface area contributed by atoms with E-state index in [0.29, 0.717) is 11.1 Å². The minimum atomic E-state index is -2.92. The molecule has 1 saturated heterocycles. The molecule has 1 N–H and O–H groups in total. The largest absolute Gasteiger partial charge is 0.478 e. The number of amides is 1. The molecule has 2 aromatic rings. The van der Waals surface area contributed by atoms with Crippen LogP contribution in [0.25, 0.3) is 0 Å². The molecule has 2 aromatic carbocycles. The summed E-state index contributed by atoms with van der Waals surface area (Å²) in [5, 5.41) is 12.0. The number of aromatic carboxylic acids is 1. The van der Waals surface area contributed by atoms with Crippen molar-refractivity contribution in [3.05, 3.63) is 70.5 Å². The van der Waals surface area contributed by atoms with Crippen molar-refractivity contribution in [1.29, 1.82) is 0 Å². The molecule has 2 aliphatic rings. The first-order chi connectivity index (χ1) is 13.2. The number of fused-ring (bicyclic) bond motifs is 1. The Kier molecular flexibility index (Phi) is 4.38. The lowest BCUT2D eigenvalue weighted by atomic mass is 9.94. The fourth-order valence-electron chi connectivity index (χ4n) is 3.84. The van der Waals surface area contributed by atoms with E-state index in [0.717, 1.165) is 0 Å². The third-order valence-corrected chi connectivity index (χ3v) is 5.24. The average molecular weight is 390 g/mol. The molecule has 0 aromatic heterocycles. The number of halogens is 3. The van der Waals surface area contributed by atoms with E-state index in [2.05, 4.69) is 0 Å². The summed E-state index contributed by atoms with van der Waals surface area (Å²) in [4.78, 5) is 24.1. The van der Waals surface area contributed by atoms with Crippen LogP contribution in [-0.2, 0) is 6.54 Å². The summed E-state index contributed by atoms with van der Waals surface area (Å²) in [5.41, 5.74) is 1.23. The molecule has 1 unspecified atom stereocenters. The Bertz CT molecular complexity index is 963. The van der Waals surface area contributed by atoms with Gasteiger partial charge in [-0.25, -0.2) is 23.0 Å². The maximum atomic E-state index is 14.1. The zero-order valence-corrected chi connectivity index (χ0v) is 14.7. The number of hydrogen-bond acceptors (Lipinski definition) is 3. The predicted molar refractivity (Wildman–Crippen MR) is 93.3 cm³/mol. The molecular formula is C20H17F3N2O3. The maximum absolute atomic E-state index is 14.1. The van der Waals surface area contributed by atoms with E-state index in [1.54, 1.807) is 17.1 Å². The monoisotopic (exact) mass is 390 g/mol. The Balaban J connectivity index is 1.68. The minimum Gasteiger partial charge on any atom is -0.478 e. The van der Waals surface area contributed by atoms with E-state index in [4.69, 9.17) is 5.11 Å². The first-order valence-corrected chi connectivity index (χ1v) is 8.83. The number of carbonyl (C=O) groups excluding carboxylic acids is 1. The van der Waals surface area contributed by atoms with E-state index in [1.807, 2.05) is 0 Å².